The van der Waals surface area contributed by atoms with Gasteiger partial charge in [0.25, 0.3) is 0 Å². The van der Waals surface area contributed by atoms with Crippen molar-refractivity contribution in [2.24, 2.45) is 4.99 Å². The summed E-state index contributed by atoms with van der Waals surface area (Å²) < 4.78 is 22.6. The molecule has 1 N–H and O–H groups in total. The smallest absolute Gasteiger partial charge is 0.303 e. The lowest BCUT2D eigenvalue weighted by atomic mass is 10.0. The Kier molecular flexibility index (Phi) is 10.5. The lowest BCUT2D eigenvalue weighted by molar-refractivity contribution is -0.137. The molecule has 0 fully saturated rings. The van der Waals surface area contributed by atoms with Gasteiger partial charge in [0, 0.05) is 25.5 Å². The van der Waals surface area contributed by atoms with Crippen molar-refractivity contribution < 1.29 is 33.6 Å². The minimum atomic E-state index is -0.960. The van der Waals surface area contributed by atoms with Crippen LogP contribution in [-0.2, 0) is 22.8 Å². The number of carbonyl (C=O) groups excluding carboxylic acids is 1. The molecule has 0 saturated carbocycles. The Morgan fingerprint density at radius 2 is 1.37 bits per heavy atom. The first kappa shape index (κ1) is 28.5. The summed E-state index contributed by atoms with van der Waals surface area (Å²) in [5.41, 5.74) is 2.33. The number of benzene rings is 3. The molecular weight excluding hydrogens is 510 g/mol. The van der Waals surface area contributed by atoms with Gasteiger partial charge < -0.3 is 24.1 Å². The first-order valence-corrected chi connectivity index (χ1v) is 12.3. The van der Waals surface area contributed by atoms with Gasteiger partial charge in [0.1, 0.15) is 30.4 Å². The number of carboxylic acid groups (broad SMARTS) is 1. The van der Waals surface area contributed by atoms with Crippen LogP contribution < -0.4 is 18.9 Å². The normalized spacial score (nSPS) is 11.1. The largest absolute Gasteiger partial charge is 0.497 e. The molecule has 38 heavy (non-hydrogen) atoms. The van der Waals surface area contributed by atoms with Gasteiger partial charge >= 0.3 is 5.97 Å². The molecule has 200 valence electrons. The van der Waals surface area contributed by atoms with E-state index in [1.165, 1.54) is 7.05 Å². The number of nitrogens with zero attached hydrogens (tertiary/aromatic N) is 1. The van der Waals surface area contributed by atoms with Crippen LogP contribution in [0.25, 0.3) is 0 Å². The van der Waals surface area contributed by atoms with Crippen LogP contribution in [0.4, 0.5) is 0 Å². The minimum absolute atomic E-state index is 0.0348. The number of halogens is 1. The van der Waals surface area contributed by atoms with Gasteiger partial charge in [-0.15, -0.1) is 0 Å². The van der Waals surface area contributed by atoms with E-state index in [0.717, 1.165) is 22.6 Å². The summed E-state index contributed by atoms with van der Waals surface area (Å²) in [6.07, 6.45) is 0.132. The lowest BCUT2D eigenvalue weighted by Crippen LogP contribution is -2.17. The van der Waals surface area contributed by atoms with Crippen molar-refractivity contribution in [2.75, 3.05) is 21.3 Å². The number of carboxylic acids is 1. The highest BCUT2D eigenvalue weighted by molar-refractivity contribution is 6.50. The van der Waals surface area contributed by atoms with E-state index in [2.05, 4.69) is 4.99 Å². The van der Waals surface area contributed by atoms with Crippen molar-refractivity contribution in [1.82, 2.24) is 0 Å². The number of aliphatic imine (C=N–C) groups is 1. The monoisotopic (exact) mass is 539 g/mol. The second-order valence-electron chi connectivity index (χ2n) is 8.27. The first-order chi connectivity index (χ1) is 18.4. The summed E-state index contributed by atoms with van der Waals surface area (Å²) in [6.45, 7) is 0.443. The Morgan fingerprint density at radius 3 is 1.87 bits per heavy atom. The number of ether oxygens (including phenoxy) is 4. The van der Waals surface area contributed by atoms with E-state index >= 15 is 0 Å². The molecule has 0 spiro atoms. The number of hydrogen-bond donors (Lipinski definition) is 1. The van der Waals surface area contributed by atoms with Crippen LogP contribution in [0, 0.1) is 0 Å². The molecule has 0 aliphatic rings. The highest BCUT2D eigenvalue weighted by Crippen LogP contribution is 2.39. The average molecular weight is 540 g/mol. The van der Waals surface area contributed by atoms with Gasteiger partial charge in [-0.3, -0.25) is 14.6 Å². The first-order valence-electron chi connectivity index (χ1n) is 11.9. The molecule has 0 unspecified atom stereocenters. The van der Waals surface area contributed by atoms with Crippen LogP contribution in [0.5, 0.6) is 23.0 Å². The maximum atomic E-state index is 12.8. The summed E-state index contributed by atoms with van der Waals surface area (Å²) in [5, 5.41) is 9.06. The molecule has 0 saturated heterocycles. The van der Waals surface area contributed by atoms with Crippen LogP contribution >= 0.6 is 11.6 Å². The Bertz CT molecular complexity index is 1270. The molecule has 0 bridgehead atoms. The number of carbonyl (C=O) groups is 2. The van der Waals surface area contributed by atoms with Crippen molar-refractivity contribution in [3.8, 4) is 23.0 Å². The van der Waals surface area contributed by atoms with E-state index in [1.54, 1.807) is 26.4 Å². The van der Waals surface area contributed by atoms with Crippen LogP contribution in [0.3, 0.4) is 0 Å². The molecule has 3 aromatic carbocycles. The molecule has 0 aromatic heterocycles. The van der Waals surface area contributed by atoms with E-state index < -0.39 is 5.97 Å². The van der Waals surface area contributed by atoms with E-state index in [1.807, 2.05) is 48.5 Å². The van der Waals surface area contributed by atoms with Gasteiger partial charge in [0.05, 0.1) is 19.2 Å². The second kappa shape index (κ2) is 14.0. The highest BCUT2D eigenvalue weighted by Gasteiger charge is 2.22. The number of rotatable bonds is 14. The third-order valence-electron chi connectivity index (χ3n) is 5.69. The average Bonchev–Trinajstić information content (AvgIpc) is 2.93. The standard InChI is InChI=1S/C29H30ClNO7/c1-31-28(24(32)5-4-6-26(33)34)23-15-16-25(37-17-19-7-11-21(35-2)12-8-19)29(27(23)30)38-18-20-9-13-22(36-3)14-10-20/h7-16H,4-6,17-18H2,1-3H3,(H,33,34). The zero-order valence-corrected chi connectivity index (χ0v) is 22.3. The maximum absolute atomic E-state index is 12.8. The van der Waals surface area contributed by atoms with Crippen LogP contribution in [0.15, 0.2) is 65.7 Å². The van der Waals surface area contributed by atoms with Crippen LogP contribution in [-0.4, -0.2) is 43.8 Å². The number of methoxy groups -OCH3 is 2. The quantitative estimate of drug-likeness (QED) is 0.260. The number of hydrogen-bond acceptors (Lipinski definition) is 7. The fraction of sp³-hybridized carbons (Fsp3) is 0.276. The fourth-order valence-electron chi connectivity index (χ4n) is 3.64. The molecule has 0 aliphatic carbocycles. The van der Waals surface area contributed by atoms with E-state index in [-0.39, 0.29) is 54.7 Å². The third-order valence-corrected chi connectivity index (χ3v) is 6.07. The van der Waals surface area contributed by atoms with Crippen molar-refractivity contribution in [1.29, 1.82) is 0 Å². The van der Waals surface area contributed by atoms with Gasteiger partial charge in [-0.2, -0.15) is 0 Å². The van der Waals surface area contributed by atoms with E-state index in [9.17, 15) is 9.59 Å². The molecule has 0 amide bonds. The van der Waals surface area contributed by atoms with Gasteiger partial charge in [-0.1, -0.05) is 35.9 Å². The summed E-state index contributed by atoms with van der Waals surface area (Å²) >= 11 is 6.78. The number of Topliss-reactive ketones (excluding diaryl/α,β-unsaturated/α-hetero) is 1. The van der Waals surface area contributed by atoms with E-state index in [4.69, 9.17) is 35.7 Å². The lowest BCUT2D eigenvalue weighted by Gasteiger charge is -2.17. The molecule has 9 heteroatoms. The summed E-state index contributed by atoms with van der Waals surface area (Å²) in [4.78, 5) is 27.8. The van der Waals surface area contributed by atoms with Gasteiger partial charge in [-0.25, -0.2) is 0 Å². The fourth-order valence-corrected chi connectivity index (χ4v) is 3.94. The molecule has 0 heterocycles. The van der Waals surface area contributed by atoms with Gasteiger partial charge in [0.15, 0.2) is 17.3 Å². The van der Waals surface area contributed by atoms with E-state index in [0.29, 0.717) is 11.3 Å². The SMILES string of the molecule is CN=C(C(=O)CCCC(=O)O)c1ccc(OCc2ccc(OC)cc2)c(OCc2ccc(OC)cc2)c1Cl. The van der Waals surface area contributed by atoms with Gasteiger partial charge in [-0.05, 0) is 53.9 Å². The minimum Gasteiger partial charge on any atom is -0.497 e. The Balaban J connectivity index is 1.88. The number of ketones is 1. The zero-order chi connectivity index (χ0) is 27.5. The summed E-state index contributed by atoms with van der Waals surface area (Å²) in [5.74, 6) is 0.874. The molecule has 0 aliphatic heterocycles. The molecular formula is C29H30ClNO7. The topological polar surface area (TPSA) is 104 Å². The molecule has 0 atom stereocenters. The van der Waals surface area contributed by atoms with Crippen LogP contribution in [0.2, 0.25) is 5.02 Å². The molecule has 3 rings (SSSR count). The van der Waals surface area contributed by atoms with Crippen molar-refractivity contribution in [3.63, 3.8) is 0 Å². The van der Waals surface area contributed by atoms with Gasteiger partial charge in [0.2, 0.25) is 0 Å². The molecule has 3 aromatic rings. The number of aliphatic carboxylic acids is 1. The Hall–Kier alpha value is -4.04. The zero-order valence-electron chi connectivity index (χ0n) is 21.5. The summed E-state index contributed by atoms with van der Waals surface area (Å²) in [6, 6.07) is 18.2. The third kappa shape index (κ3) is 7.73. The highest BCUT2D eigenvalue weighted by atomic mass is 35.5. The molecule has 8 nitrogen and oxygen atoms in total. The van der Waals surface area contributed by atoms with Crippen LogP contribution in [0.1, 0.15) is 36.0 Å². The van der Waals surface area contributed by atoms with Crippen molar-refractivity contribution >= 4 is 29.1 Å². The molecule has 0 radical (unpaired) electrons. The second-order valence-corrected chi connectivity index (χ2v) is 8.65. The van der Waals surface area contributed by atoms with Crippen molar-refractivity contribution in [2.45, 2.75) is 32.5 Å². The Morgan fingerprint density at radius 1 is 0.816 bits per heavy atom. The summed E-state index contributed by atoms with van der Waals surface area (Å²) in [7, 11) is 4.69. The maximum Gasteiger partial charge on any atom is 0.303 e. The Labute approximate surface area is 226 Å². The van der Waals surface area contributed by atoms with Crippen molar-refractivity contribution in [3.05, 3.63) is 82.4 Å². The predicted molar refractivity (Wildman–Crippen MR) is 145 cm³/mol. The predicted octanol–water partition coefficient (Wildman–Crippen LogP) is 5.76.